The maximum atomic E-state index is 5.53. The maximum Gasteiger partial charge on any atom is 0.124 e. The van der Waals surface area contributed by atoms with Gasteiger partial charge in [0.05, 0.1) is 23.7 Å². The van der Waals surface area contributed by atoms with Crippen molar-refractivity contribution in [3.63, 3.8) is 0 Å². The van der Waals surface area contributed by atoms with Crippen molar-refractivity contribution in [3.05, 3.63) is 24.0 Å². The fourth-order valence-electron chi connectivity index (χ4n) is 2.76. The zero-order valence-electron chi connectivity index (χ0n) is 11.6. The van der Waals surface area contributed by atoms with Crippen LogP contribution in [0.15, 0.2) is 18.2 Å². The number of nitrogens with zero attached hydrogens (tertiary/aromatic N) is 2. The highest BCUT2D eigenvalue weighted by Gasteiger charge is 2.21. The van der Waals surface area contributed by atoms with Crippen molar-refractivity contribution in [1.82, 2.24) is 14.9 Å². The van der Waals surface area contributed by atoms with E-state index >= 15 is 0 Å². The first-order valence-corrected chi connectivity index (χ1v) is 7.14. The number of benzene rings is 1. The summed E-state index contributed by atoms with van der Waals surface area (Å²) < 4.78 is 5.53. The third kappa shape index (κ3) is 2.45. The lowest BCUT2D eigenvalue weighted by Gasteiger charge is -2.21. The van der Waals surface area contributed by atoms with E-state index < -0.39 is 0 Å². The molecule has 2 aromatic rings. The van der Waals surface area contributed by atoms with Gasteiger partial charge in [0.1, 0.15) is 11.6 Å². The lowest BCUT2D eigenvalue weighted by Crippen LogP contribution is -2.24. The van der Waals surface area contributed by atoms with Crippen molar-refractivity contribution < 1.29 is 4.74 Å². The van der Waals surface area contributed by atoms with E-state index in [1.165, 1.54) is 25.9 Å². The van der Waals surface area contributed by atoms with Crippen LogP contribution in [0.25, 0.3) is 11.0 Å². The smallest absolute Gasteiger partial charge is 0.124 e. The van der Waals surface area contributed by atoms with Crippen LogP contribution in [-0.2, 0) is 0 Å². The van der Waals surface area contributed by atoms with E-state index in [1.807, 2.05) is 25.1 Å². The molecule has 0 aliphatic carbocycles. The number of hydrogen-bond donors (Lipinski definition) is 1. The van der Waals surface area contributed by atoms with E-state index in [0.717, 1.165) is 22.6 Å². The van der Waals surface area contributed by atoms with Crippen molar-refractivity contribution in [2.45, 2.75) is 32.7 Å². The summed E-state index contributed by atoms with van der Waals surface area (Å²) in [4.78, 5) is 10.6. The summed E-state index contributed by atoms with van der Waals surface area (Å²) in [5.74, 6) is 1.96. The van der Waals surface area contributed by atoms with Crippen LogP contribution < -0.4 is 4.74 Å². The molecular weight excluding hydrogens is 238 g/mol. The van der Waals surface area contributed by atoms with Gasteiger partial charge >= 0.3 is 0 Å². The van der Waals surface area contributed by atoms with E-state index in [1.54, 1.807) is 0 Å². The number of rotatable bonds is 4. The van der Waals surface area contributed by atoms with Crippen LogP contribution in [0.5, 0.6) is 5.75 Å². The molecule has 1 aromatic heterocycles. The molecule has 1 atom stereocenters. The fourth-order valence-corrected chi connectivity index (χ4v) is 2.76. The van der Waals surface area contributed by atoms with Gasteiger partial charge in [0.2, 0.25) is 0 Å². The van der Waals surface area contributed by atoms with Crippen molar-refractivity contribution >= 4 is 11.0 Å². The molecule has 4 nitrogen and oxygen atoms in total. The largest absolute Gasteiger partial charge is 0.494 e. The second-order valence-corrected chi connectivity index (χ2v) is 5.15. The SMILES string of the molecule is CCOc1ccc2nc(C(C)N3CCCC3)[nH]c2c1. The van der Waals surface area contributed by atoms with Crippen LogP contribution in [0, 0.1) is 0 Å². The van der Waals surface area contributed by atoms with Crippen LogP contribution in [-0.4, -0.2) is 34.6 Å². The molecule has 19 heavy (non-hydrogen) atoms. The maximum absolute atomic E-state index is 5.53. The number of imidazole rings is 1. The van der Waals surface area contributed by atoms with E-state index in [9.17, 15) is 0 Å². The lowest BCUT2D eigenvalue weighted by molar-refractivity contribution is 0.255. The molecule has 0 amide bonds. The Kier molecular flexibility index (Phi) is 3.42. The summed E-state index contributed by atoms with van der Waals surface area (Å²) in [6.45, 7) is 7.28. The summed E-state index contributed by atoms with van der Waals surface area (Å²) >= 11 is 0. The van der Waals surface area contributed by atoms with Crippen molar-refractivity contribution in [2.75, 3.05) is 19.7 Å². The fraction of sp³-hybridized carbons (Fsp3) is 0.533. The Morgan fingerprint density at radius 3 is 2.89 bits per heavy atom. The van der Waals surface area contributed by atoms with Crippen LogP contribution in [0.3, 0.4) is 0 Å². The number of fused-ring (bicyclic) bond motifs is 1. The monoisotopic (exact) mass is 259 g/mol. The highest BCUT2D eigenvalue weighted by Crippen LogP contribution is 2.26. The number of ether oxygens (including phenoxy) is 1. The molecule has 0 spiro atoms. The highest BCUT2D eigenvalue weighted by atomic mass is 16.5. The van der Waals surface area contributed by atoms with Gasteiger partial charge in [-0.3, -0.25) is 4.90 Å². The van der Waals surface area contributed by atoms with E-state index in [2.05, 4.69) is 16.8 Å². The first-order valence-electron chi connectivity index (χ1n) is 7.14. The third-order valence-corrected chi connectivity index (χ3v) is 3.87. The van der Waals surface area contributed by atoms with Crippen molar-refractivity contribution in [3.8, 4) is 5.75 Å². The molecule has 1 unspecified atom stereocenters. The zero-order valence-corrected chi connectivity index (χ0v) is 11.6. The number of H-pyrrole nitrogens is 1. The Bertz CT molecular complexity index is 558. The van der Waals surface area contributed by atoms with Crippen LogP contribution in [0.4, 0.5) is 0 Å². The Hall–Kier alpha value is -1.55. The summed E-state index contributed by atoms with van der Waals surface area (Å²) in [7, 11) is 0. The molecular formula is C15H21N3O. The molecule has 102 valence electrons. The standard InChI is InChI=1S/C15H21N3O/c1-3-19-12-6-7-13-14(10-12)17-15(16-13)11(2)18-8-4-5-9-18/h6-7,10-11H,3-5,8-9H2,1-2H3,(H,16,17). The molecule has 1 aromatic carbocycles. The minimum atomic E-state index is 0.366. The van der Waals surface area contributed by atoms with Gasteiger partial charge in [-0.1, -0.05) is 0 Å². The molecule has 2 heterocycles. The second-order valence-electron chi connectivity index (χ2n) is 5.15. The Labute approximate surface area is 113 Å². The number of aromatic amines is 1. The molecule has 4 heteroatoms. The van der Waals surface area contributed by atoms with Crippen LogP contribution >= 0.6 is 0 Å². The van der Waals surface area contributed by atoms with E-state index in [-0.39, 0.29) is 0 Å². The van der Waals surface area contributed by atoms with E-state index in [0.29, 0.717) is 12.6 Å². The molecule has 1 aliphatic rings. The van der Waals surface area contributed by atoms with Gasteiger partial charge in [0.25, 0.3) is 0 Å². The Balaban J connectivity index is 1.87. The van der Waals surface area contributed by atoms with Crippen molar-refractivity contribution in [2.24, 2.45) is 0 Å². The minimum absolute atomic E-state index is 0.366. The van der Waals surface area contributed by atoms with Crippen LogP contribution in [0.1, 0.15) is 38.6 Å². The van der Waals surface area contributed by atoms with Crippen LogP contribution in [0.2, 0.25) is 0 Å². The molecule has 0 saturated carbocycles. The number of likely N-dealkylation sites (tertiary alicyclic amines) is 1. The summed E-state index contributed by atoms with van der Waals surface area (Å²) in [5, 5.41) is 0. The number of nitrogens with one attached hydrogen (secondary N) is 1. The summed E-state index contributed by atoms with van der Waals surface area (Å²) in [6.07, 6.45) is 2.61. The normalized spacial score (nSPS) is 18.0. The van der Waals surface area contributed by atoms with Gasteiger partial charge in [-0.15, -0.1) is 0 Å². The van der Waals surface area contributed by atoms with Gasteiger partial charge in [0, 0.05) is 6.07 Å². The van der Waals surface area contributed by atoms with E-state index in [4.69, 9.17) is 9.72 Å². The molecule has 3 rings (SSSR count). The minimum Gasteiger partial charge on any atom is -0.494 e. The zero-order chi connectivity index (χ0) is 13.2. The first kappa shape index (κ1) is 12.5. The predicted molar refractivity (Wildman–Crippen MR) is 76.5 cm³/mol. The molecule has 0 radical (unpaired) electrons. The number of hydrogen-bond acceptors (Lipinski definition) is 3. The average molecular weight is 259 g/mol. The molecule has 1 N–H and O–H groups in total. The summed E-state index contributed by atoms with van der Waals surface area (Å²) in [5.41, 5.74) is 2.08. The molecule has 1 fully saturated rings. The molecule has 0 bridgehead atoms. The molecule has 1 saturated heterocycles. The Morgan fingerprint density at radius 1 is 1.37 bits per heavy atom. The van der Waals surface area contributed by atoms with Crippen molar-refractivity contribution in [1.29, 1.82) is 0 Å². The van der Waals surface area contributed by atoms with Gasteiger partial charge in [-0.05, 0) is 51.9 Å². The number of aromatic nitrogens is 2. The van der Waals surface area contributed by atoms with Gasteiger partial charge in [0.15, 0.2) is 0 Å². The topological polar surface area (TPSA) is 41.1 Å². The average Bonchev–Trinajstić information content (AvgIpc) is 3.07. The lowest BCUT2D eigenvalue weighted by atomic mass is 10.3. The van der Waals surface area contributed by atoms with Gasteiger partial charge in [-0.25, -0.2) is 4.98 Å². The third-order valence-electron chi connectivity index (χ3n) is 3.87. The highest BCUT2D eigenvalue weighted by molar-refractivity contribution is 5.76. The first-order chi connectivity index (χ1) is 9.28. The quantitative estimate of drug-likeness (QED) is 0.917. The Morgan fingerprint density at radius 2 is 2.16 bits per heavy atom. The second kappa shape index (κ2) is 5.21. The predicted octanol–water partition coefficient (Wildman–Crippen LogP) is 3.12. The van der Waals surface area contributed by atoms with Gasteiger partial charge in [-0.2, -0.15) is 0 Å². The molecule has 1 aliphatic heterocycles. The summed E-state index contributed by atoms with van der Waals surface area (Å²) in [6, 6.07) is 6.41. The van der Waals surface area contributed by atoms with Gasteiger partial charge < -0.3 is 9.72 Å².